The lowest BCUT2D eigenvalue weighted by atomic mass is 9.83. The smallest absolute Gasteiger partial charge is 0.431 e. The number of carbonyl (C=O) groups is 1. The minimum atomic E-state index is -6.94. The van der Waals surface area contributed by atoms with Crippen molar-refractivity contribution in [1.82, 2.24) is 4.72 Å². The summed E-state index contributed by atoms with van der Waals surface area (Å²) in [4.78, 5) is 10.7. The predicted octanol–water partition coefficient (Wildman–Crippen LogP) is 4.82. The molecule has 0 aromatic heterocycles. The van der Waals surface area contributed by atoms with Crippen molar-refractivity contribution in [2.45, 2.75) is 56.1 Å². The number of aliphatic carboxylic acids is 1. The molecule has 0 spiro atoms. The summed E-state index contributed by atoms with van der Waals surface area (Å²) in [5.74, 6) is -10.1. The van der Waals surface area contributed by atoms with E-state index in [-0.39, 0.29) is 24.0 Å². The van der Waals surface area contributed by atoms with Gasteiger partial charge in [-0.05, 0) is 12.8 Å². The van der Waals surface area contributed by atoms with Crippen LogP contribution in [0.25, 0.3) is 0 Å². The van der Waals surface area contributed by atoms with Gasteiger partial charge < -0.3 is 9.59 Å². The Labute approximate surface area is 208 Å². The summed E-state index contributed by atoms with van der Waals surface area (Å²) in [6, 6.07) is 0. The van der Waals surface area contributed by atoms with Gasteiger partial charge in [0.15, 0.2) is 6.54 Å². The zero-order chi connectivity index (χ0) is 30.6. The maximum absolute atomic E-state index is 13.9. The highest BCUT2D eigenvalue weighted by Gasteiger charge is 2.74. The molecule has 0 saturated heterocycles. The van der Waals surface area contributed by atoms with Gasteiger partial charge in [-0.25, -0.2) is 22.3 Å². The molecule has 0 aromatic carbocycles. The zero-order valence-corrected chi connectivity index (χ0v) is 20.6. The van der Waals surface area contributed by atoms with Crippen LogP contribution < -0.4 is 4.72 Å². The summed E-state index contributed by atoms with van der Waals surface area (Å²) in [6.07, 6.45) is -33.3. The van der Waals surface area contributed by atoms with Crippen LogP contribution in [0.1, 0.15) is 25.7 Å². The Balaban J connectivity index is 5.59. The van der Waals surface area contributed by atoms with Gasteiger partial charge in [-0.3, -0.25) is 0 Å². The SMILES string of the molecule is C[N+](C)(CCCNS(=O)(=O)CCC(CC(CC(F)(C(F)(F)F)C(F)(F)F)C(F)(F)F)C(F)(F)F)CC(=O)O. The number of sulfonamides is 1. The number of nitrogens with one attached hydrogen (secondary N) is 1. The molecule has 0 bridgehead atoms. The van der Waals surface area contributed by atoms with E-state index >= 15 is 0 Å². The number of hydrogen-bond acceptors (Lipinski definition) is 3. The average molecular weight is 613 g/mol. The van der Waals surface area contributed by atoms with E-state index < -0.39 is 89.8 Å². The van der Waals surface area contributed by atoms with Gasteiger partial charge in [0.1, 0.15) is 0 Å². The summed E-state index contributed by atoms with van der Waals surface area (Å²) >= 11 is 0. The number of hydrogen-bond donors (Lipinski definition) is 2. The Bertz CT molecular complexity index is 867. The number of carboxylic acid groups (broad SMARTS) is 1. The van der Waals surface area contributed by atoms with E-state index in [0.29, 0.717) is 0 Å². The van der Waals surface area contributed by atoms with Crippen molar-refractivity contribution in [3.8, 4) is 0 Å². The molecule has 0 heterocycles. The number of rotatable bonds is 14. The van der Waals surface area contributed by atoms with Gasteiger partial charge in [-0.1, -0.05) is 0 Å². The summed E-state index contributed by atoms with van der Waals surface area (Å²) in [7, 11) is -1.68. The molecule has 0 aliphatic rings. The summed E-state index contributed by atoms with van der Waals surface area (Å²) in [5, 5.41) is 8.76. The Morgan fingerprint density at radius 3 is 1.66 bits per heavy atom. The first kappa shape index (κ1) is 36.4. The molecular weight excluding hydrogens is 587 g/mol. The standard InChI is InChI=1S/C18H25F13N2O4S/c1-33(2,10-13(34)35)6-3-5-32-38(36,37)7-4-11(15(20,21)22)8-12(16(23,24)25)9-14(19,17(26,27)28)18(29,30)31/h11-12,32H,3-10H2,1-2H3/p+1. The fraction of sp³-hybridized carbons (Fsp3) is 0.944. The van der Waals surface area contributed by atoms with Crippen LogP contribution >= 0.6 is 0 Å². The molecular formula is C18H26F13N2O4S+. The predicted molar refractivity (Wildman–Crippen MR) is 105 cm³/mol. The monoisotopic (exact) mass is 613 g/mol. The molecule has 0 aliphatic heterocycles. The van der Waals surface area contributed by atoms with Crippen LogP contribution in [0.15, 0.2) is 0 Å². The van der Waals surface area contributed by atoms with Crippen molar-refractivity contribution in [3.05, 3.63) is 0 Å². The lowest BCUT2D eigenvalue weighted by Crippen LogP contribution is -2.55. The van der Waals surface area contributed by atoms with Gasteiger partial charge in [-0.15, -0.1) is 0 Å². The van der Waals surface area contributed by atoms with E-state index in [1.807, 2.05) is 4.72 Å². The van der Waals surface area contributed by atoms with E-state index in [2.05, 4.69) is 0 Å². The van der Waals surface area contributed by atoms with Crippen LogP contribution in [0.3, 0.4) is 0 Å². The van der Waals surface area contributed by atoms with Crippen LogP contribution in [0.4, 0.5) is 57.1 Å². The third-order valence-electron chi connectivity index (χ3n) is 5.48. The number of alkyl halides is 13. The molecule has 0 aliphatic carbocycles. The first-order valence-electron chi connectivity index (χ1n) is 10.5. The van der Waals surface area contributed by atoms with Crippen molar-refractivity contribution < 1.29 is 79.9 Å². The molecule has 2 unspecified atom stereocenters. The van der Waals surface area contributed by atoms with Crippen molar-refractivity contribution >= 4 is 16.0 Å². The van der Waals surface area contributed by atoms with Gasteiger partial charge in [-0.2, -0.15) is 52.7 Å². The largest absolute Gasteiger partial charge is 0.477 e. The van der Waals surface area contributed by atoms with E-state index in [1.54, 1.807) is 0 Å². The third-order valence-corrected chi connectivity index (χ3v) is 6.90. The quantitative estimate of drug-likeness (QED) is 0.167. The molecule has 6 nitrogen and oxygen atoms in total. The van der Waals surface area contributed by atoms with Gasteiger partial charge in [0.25, 0.3) is 5.67 Å². The molecule has 0 amide bonds. The highest BCUT2D eigenvalue weighted by molar-refractivity contribution is 7.89. The minimum absolute atomic E-state index is 0.0220. The van der Waals surface area contributed by atoms with Crippen molar-refractivity contribution in [2.75, 3.05) is 39.5 Å². The van der Waals surface area contributed by atoms with Crippen LogP contribution in [-0.4, -0.2) is 93.8 Å². The van der Waals surface area contributed by atoms with Gasteiger partial charge in [0.05, 0.1) is 38.2 Å². The Morgan fingerprint density at radius 1 is 0.842 bits per heavy atom. The fourth-order valence-electron chi connectivity index (χ4n) is 3.37. The first-order chi connectivity index (χ1) is 16.5. The molecule has 20 heteroatoms. The highest BCUT2D eigenvalue weighted by atomic mass is 32.2. The topological polar surface area (TPSA) is 83.5 Å². The number of nitrogens with zero attached hydrogens (tertiary/aromatic N) is 1. The molecule has 0 rings (SSSR count). The number of halogens is 13. The molecule has 2 N–H and O–H groups in total. The number of likely N-dealkylation sites (N-methyl/N-ethyl adjacent to an activating group) is 1. The third kappa shape index (κ3) is 11.7. The summed E-state index contributed by atoms with van der Waals surface area (Å²) in [5.41, 5.74) is -6.48. The van der Waals surface area contributed by atoms with Crippen molar-refractivity contribution in [3.63, 3.8) is 0 Å². The molecule has 38 heavy (non-hydrogen) atoms. The highest BCUT2D eigenvalue weighted by Crippen LogP contribution is 2.53. The maximum Gasteiger partial charge on any atom is 0.431 e. The maximum atomic E-state index is 13.9. The minimum Gasteiger partial charge on any atom is -0.477 e. The normalized spacial score (nSPS) is 16.4. The molecule has 0 saturated carbocycles. The van der Waals surface area contributed by atoms with E-state index in [9.17, 15) is 70.3 Å². The second kappa shape index (κ2) is 12.3. The van der Waals surface area contributed by atoms with Gasteiger partial charge >= 0.3 is 30.7 Å². The molecule has 0 fully saturated rings. The lowest BCUT2D eigenvalue weighted by molar-refractivity contribution is -0.883. The Kier molecular flexibility index (Phi) is 11.8. The van der Waals surface area contributed by atoms with Gasteiger partial charge in [0.2, 0.25) is 10.0 Å². The Hall–Kier alpha value is -1.57. The molecule has 228 valence electrons. The van der Waals surface area contributed by atoms with Crippen LogP contribution in [0.2, 0.25) is 0 Å². The second-order valence-corrected chi connectivity index (χ2v) is 11.2. The molecule has 2 atom stereocenters. The van der Waals surface area contributed by atoms with Crippen LogP contribution in [0.5, 0.6) is 0 Å². The Morgan fingerprint density at radius 2 is 1.29 bits per heavy atom. The molecule has 0 aromatic rings. The zero-order valence-electron chi connectivity index (χ0n) is 19.8. The first-order valence-corrected chi connectivity index (χ1v) is 12.2. The van der Waals surface area contributed by atoms with Crippen LogP contribution in [0, 0.1) is 11.8 Å². The van der Waals surface area contributed by atoms with E-state index in [0.717, 1.165) is 0 Å². The van der Waals surface area contributed by atoms with E-state index in [4.69, 9.17) is 5.11 Å². The summed E-state index contributed by atoms with van der Waals surface area (Å²) in [6.45, 7) is -0.701. The summed E-state index contributed by atoms with van der Waals surface area (Å²) < 4.78 is 195. The average Bonchev–Trinajstić information content (AvgIpc) is 2.62. The lowest BCUT2D eigenvalue weighted by Gasteiger charge is -2.35. The number of quaternary nitrogens is 1. The molecule has 0 radical (unpaired) electrons. The second-order valence-electron chi connectivity index (χ2n) is 9.28. The van der Waals surface area contributed by atoms with Gasteiger partial charge in [0, 0.05) is 19.4 Å². The van der Waals surface area contributed by atoms with Crippen molar-refractivity contribution in [2.24, 2.45) is 11.8 Å². The van der Waals surface area contributed by atoms with Crippen molar-refractivity contribution in [1.29, 1.82) is 0 Å². The van der Waals surface area contributed by atoms with E-state index in [1.165, 1.54) is 14.1 Å². The van der Waals surface area contributed by atoms with Crippen LogP contribution in [-0.2, 0) is 14.8 Å². The fourth-order valence-corrected chi connectivity index (χ4v) is 4.57. The number of carboxylic acids is 1.